The van der Waals surface area contributed by atoms with Crippen molar-refractivity contribution in [1.29, 1.82) is 0 Å². The number of para-hydroxylation sites is 2. The number of allylic oxidation sites excluding steroid dienone is 6. The fraction of sp³-hybridized carbons (Fsp3) is 0.578. The predicted octanol–water partition coefficient (Wildman–Crippen LogP) is 13.7. The summed E-state index contributed by atoms with van der Waals surface area (Å²) in [6, 6.07) is 17.9. The van der Waals surface area contributed by atoms with Crippen LogP contribution < -0.4 is 4.90 Å². The maximum atomic E-state index is 7.02. The molecule has 0 atom stereocenters. The van der Waals surface area contributed by atoms with E-state index in [0.717, 1.165) is 18.1 Å². The Bertz CT molecular complexity index is 1420. The zero-order valence-electron chi connectivity index (χ0n) is 31.4. The predicted molar refractivity (Wildman–Crippen MR) is 212 cm³/mol. The summed E-state index contributed by atoms with van der Waals surface area (Å²) in [7, 11) is 0. The van der Waals surface area contributed by atoms with Crippen LogP contribution in [-0.2, 0) is 10.8 Å². The summed E-state index contributed by atoms with van der Waals surface area (Å²) in [4.78, 5) is 2.56. The van der Waals surface area contributed by atoms with Gasteiger partial charge in [-0.05, 0) is 56.5 Å². The van der Waals surface area contributed by atoms with E-state index < -0.39 is 0 Å². The van der Waals surface area contributed by atoms with Crippen molar-refractivity contribution in [3.05, 3.63) is 94.7 Å². The quantitative estimate of drug-likeness (QED) is 0.0728. The summed E-state index contributed by atoms with van der Waals surface area (Å²) < 4.78 is 2.56. The van der Waals surface area contributed by atoms with Gasteiger partial charge in [-0.25, -0.2) is 0 Å². The lowest BCUT2D eigenvalue weighted by Gasteiger charge is -2.27. The fourth-order valence-electron chi connectivity index (χ4n) is 7.94. The van der Waals surface area contributed by atoms with Crippen LogP contribution in [0.3, 0.4) is 0 Å². The maximum absolute atomic E-state index is 7.02. The maximum Gasteiger partial charge on any atom is 0.209 e. The van der Waals surface area contributed by atoms with Gasteiger partial charge in [0.2, 0.25) is 5.69 Å². The highest BCUT2D eigenvalue weighted by Crippen LogP contribution is 2.48. The molecule has 2 aromatic rings. The van der Waals surface area contributed by atoms with Gasteiger partial charge < -0.3 is 4.90 Å². The number of halogens is 1. The molecule has 0 aromatic heterocycles. The van der Waals surface area contributed by atoms with Gasteiger partial charge in [-0.15, -0.1) is 0 Å². The van der Waals surface area contributed by atoms with E-state index in [9.17, 15) is 0 Å². The van der Waals surface area contributed by atoms with Crippen LogP contribution in [0.2, 0.25) is 0 Å². The molecule has 0 aliphatic carbocycles. The third-order valence-corrected chi connectivity index (χ3v) is 11.1. The summed E-state index contributed by atoms with van der Waals surface area (Å²) in [5.41, 5.74) is 8.09. The van der Waals surface area contributed by atoms with Gasteiger partial charge in [0.15, 0.2) is 5.71 Å². The second-order valence-electron chi connectivity index (χ2n) is 15.4. The second-order valence-corrected chi connectivity index (χ2v) is 15.8. The van der Waals surface area contributed by atoms with Crippen LogP contribution in [0.4, 0.5) is 11.4 Å². The van der Waals surface area contributed by atoms with Gasteiger partial charge in [-0.3, -0.25) is 0 Å². The number of hydrogen-bond donors (Lipinski definition) is 0. The number of nitrogens with zero attached hydrogens (tertiary/aromatic N) is 2. The minimum Gasteiger partial charge on any atom is -0.344 e. The van der Waals surface area contributed by atoms with E-state index in [0.29, 0.717) is 0 Å². The molecule has 0 spiro atoms. The van der Waals surface area contributed by atoms with Gasteiger partial charge in [0, 0.05) is 52.5 Å². The zero-order valence-corrected chi connectivity index (χ0v) is 32.2. The molecular formula is C45H66ClN2+. The van der Waals surface area contributed by atoms with Gasteiger partial charge in [0.1, 0.15) is 6.54 Å². The molecule has 4 rings (SSSR count). The smallest absolute Gasteiger partial charge is 0.209 e. The van der Waals surface area contributed by atoms with E-state index >= 15 is 0 Å². The Hall–Kier alpha value is -2.58. The summed E-state index contributed by atoms with van der Waals surface area (Å²) in [5, 5.41) is 0.771. The minimum absolute atomic E-state index is 0.0647. The SMILES string of the molecule is CCCCCCCCCCN1/C(=C/C=C(Cl)/C=C/C2=[N+](CCCCCCCCCC)c3ccccc3C2(C)C)C(C)(C)c2ccccc21. The van der Waals surface area contributed by atoms with Crippen molar-refractivity contribution < 1.29 is 4.58 Å². The first-order valence-electron chi connectivity index (χ1n) is 19.6. The summed E-state index contributed by atoms with van der Waals surface area (Å²) in [6.07, 6.45) is 30.2. The van der Waals surface area contributed by atoms with Crippen LogP contribution >= 0.6 is 11.6 Å². The molecule has 0 radical (unpaired) electrons. The Morgan fingerprint density at radius 2 is 1.21 bits per heavy atom. The third kappa shape index (κ3) is 9.77. The summed E-state index contributed by atoms with van der Waals surface area (Å²) >= 11 is 7.02. The van der Waals surface area contributed by atoms with Crippen molar-refractivity contribution in [2.24, 2.45) is 0 Å². The Morgan fingerprint density at radius 3 is 1.85 bits per heavy atom. The lowest BCUT2D eigenvalue weighted by Crippen LogP contribution is -2.28. The van der Waals surface area contributed by atoms with Crippen molar-refractivity contribution >= 4 is 28.7 Å². The van der Waals surface area contributed by atoms with Gasteiger partial charge in [0.05, 0.1) is 5.41 Å². The minimum atomic E-state index is -0.0647. The topological polar surface area (TPSA) is 6.25 Å². The third-order valence-electron chi connectivity index (χ3n) is 10.9. The van der Waals surface area contributed by atoms with E-state index in [-0.39, 0.29) is 10.8 Å². The first-order chi connectivity index (χ1) is 23.2. The molecular weight excluding hydrogens is 604 g/mol. The van der Waals surface area contributed by atoms with Gasteiger partial charge in [-0.2, -0.15) is 4.58 Å². The summed E-state index contributed by atoms with van der Waals surface area (Å²) in [5.74, 6) is 0. The summed E-state index contributed by atoms with van der Waals surface area (Å²) in [6.45, 7) is 16.1. The number of unbranched alkanes of at least 4 members (excludes halogenated alkanes) is 14. The molecule has 0 saturated heterocycles. The number of anilines is 1. The largest absolute Gasteiger partial charge is 0.344 e. The molecule has 0 N–H and O–H groups in total. The first-order valence-corrected chi connectivity index (χ1v) is 20.0. The average molecular weight is 670 g/mol. The monoisotopic (exact) mass is 669 g/mol. The van der Waals surface area contributed by atoms with Crippen LogP contribution in [-0.4, -0.2) is 23.4 Å². The van der Waals surface area contributed by atoms with Gasteiger partial charge in [-0.1, -0.05) is 159 Å². The molecule has 0 fully saturated rings. The standard InChI is InChI=1S/C45H66ClN2/c1-7-9-11-13-15-17-19-25-35-47-40-29-23-21-27-38(40)44(3,4)42(47)33-31-37(46)32-34-43-45(5,6)39-28-22-24-30-41(39)48(43)36-26-20-18-16-14-12-10-8-2/h21-24,27-34H,7-20,25-26,35-36H2,1-6H3/q+1. The molecule has 3 heteroatoms. The molecule has 2 nitrogen and oxygen atoms in total. The molecule has 2 heterocycles. The molecule has 48 heavy (non-hydrogen) atoms. The molecule has 0 unspecified atom stereocenters. The molecule has 0 saturated carbocycles. The first kappa shape index (κ1) is 38.2. The lowest BCUT2D eigenvalue weighted by atomic mass is 9.81. The molecule has 2 aliphatic heterocycles. The van der Waals surface area contributed by atoms with E-state index in [1.54, 1.807) is 0 Å². The second kappa shape index (κ2) is 19.0. The van der Waals surface area contributed by atoms with Crippen LogP contribution in [0.25, 0.3) is 0 Å². The number of rotatable bonds is 21. The Labute approximate surface area is 300 Å². The van der Waals surface area contributed by atoms with E-state index in [4.69, 9.17) is 11.6 Å². The Balaban J connectivity index is 1.48. The average Bonchev–Trinajstić information content (AvgIpc) is 3.43. The van der Waals surface area contributed by atoms with Crippen LogP contribution in [0.1, 0.15) is 155 Å². The van der Waals surface area contributed by atoms with Crippen LogP contribution in [0.5, 0.6) is 0 Å². The van der Waals surface area contributed by atoms with E-state index in [1.165, 1.54) is 137 Å². The Kier molecular flexibility index (Phi) is 15.1. The van der Waals surface area contributed by atoms with Crippen molar-refractivity contribution in [2.45, 2.75) is 155 Å². The van der Waals surface area contributed by atoms with Crippen LogP contribution in [0, 0.1) is 0 Å². The van der Waals surface area contributed by atoms with Crippen molar-refractivity contribution in [3.63, 3.8) is 0 Å². The highest BCUT2D eigenvalue weighted by atomic mass is 35.5. The number of fused-ring (bicyclic) bond motifs is 2. The molecule has 0 amide bonds. The Morgan fingerprint density at radius 1 is 0.667 bits per heavy atom. The lowest BCUT2D eigenvalue weighted by molar-refractivity contribution is -0.438. The van der Waals surface area contributed by atoms with Crippen molar-refractivity contribution in [2.75, 3.05) is 18.0 Å². The fourth-order valence-corrected chi connectivity index (χ4v) is 8.07. The van der Waals surface area contributed by atoms with Crippen molar-refractivity contribution in [3.8, 4) is 0 Å². The number of benzene rings is 2. The van der Waals surface area contributed by atoms with E-state index in [1.807, 2.05) is 0 Å². The molecule has 0 bridgehead atoms. The van der Waals surface area contributed by atoms with Crippen molar-refractivity contribution in [1.82, 2.24) is 0 Å². The molecule has 2 aliphatic rings. The number of hydrogen-bond acceptors (Lipinski definition) is 1. The zero-order chi connectivity index (χ0) is 34.4. The van der Waals surface area contributed by atoms with Crippen LogP contribution in [0.15, 0.2) is 83.6 Å². The normalized spacial score (nSPS) is 17.6. The molecule has 2 aromatic carbocycles. The molecule has 262 valence electrons. The highest BCUT2D eigenvalue weighted by molar-refractivity contribution is 6.31. The van der Waals surface area contributed by atoms with E-state index in [2.05, 4.69) is 124 Å². The highest BCUT2D eigenvalue weighted by Gasteiger charge is 2.44. The van der Waals surface area contributed by atoms with Gasteiger partial charge >= 0.3 is 0 Å². The van der Waals surface area contributed by atoms with Gasteiger partial charge in [0.25, 0.3) is 0 Å².